The number of nitriles is 1. The Kier molecular flexibility index (Phi) is 5.11. The van der Waals surface area contributed by atoms with Crippen molar-refractivity contribution < 1.29 is 4.79 Å². The summed E-state index contributed by atoms with van der Waals surface area (Å²) in [7, 11) is 0. The second-order valence-corrected chi connectivity index (χ2v) is 6.53. The molecule has 0 fully saturated rings. The fraction of sp³-hybridized carbons (Fsp3) is 0.0952. The molecule has 0 aliphatic rings. The Balaban J connectivity index is 2.18. The number of hydrogen-bond acceptors (Lipinski definition) is 4. The third-order valence-corrected chi connectivity index (χ3v) is 4.44. The van der Waals surface area contributed by atoms with Gasteiger partial charge in [-0.25, -0.2) is 4.98 Å². The maximum Gasteiger partial charge on any atom is 0.221 e. The molecule has 0 spiro atoms. The number of carbonyl (C=O) groups excluding carboxylic acids is 1. The van der Waals surface area contributed by atoms with E-state index in [0.29, 0.717) is 22.0 Å². The van der Waals surface area contributed by atoms with Crippen molar-refractivity contribution >= 4 is 29.0 Å². The minimum Gasteiger partial charge on any atom is -0.383 e. The van der Waals surface area contributed by atoms with Crippen LogP contribution in [0.2, 0.25) is 5.02 Å². The second-order valence-electron chi connectivity index (χ2n) is 6.10. The molecule has 0 saturated carbocycles. The van der Waals surface area contributed by atoms with E-state index in [9.17, 15) is 10.1 Å². The average Bonchev–Trinajstić information content (AvgIpc) is 2.64. The molecular formula is C21H17ClN4O. The Morgan fingerprint density at radius 2 is 1.70 bits per heavy atom. The van der Waals surface area contributed by atoms with E-state index in [2.05, 4.69) is 16.4 Å². The van der Waals surface area contributed by atoms with Crippen LogP contribution < -0.4 is 11.1 Å². The van der Waals surface area contributed by atoms with Crippen molar-refractivity contribution in [2.24, 2.45) is 0 Å². The molecule has 2 aromatic carbocycles. The normalized spacial score (nSPS) is 10.3. The largest absolute Gasteiger partial charge is 0.383 e. The molecule has 6 heteroatoms. The van der Waals surface area contributed by atoms with Gasteiger partial charge in [-0.1, -0.05) is 35.9 Å². The lowest BCUT2D eigenvalue weighted by Crippen LogP contribution is -2.06. The van der Waals surface area contributed by atoms with Gasteiger partial charge in [0.1, 0.15) is 17.5 Å². The molecule has 3 aromatic rings. The van der Waals surface area contributed by atoms with Crippen LogP contribution in [0.3, 0.4) is 0 Å². The summed E-state index contributed by atoms with van der Waals surface area (Å²) in [4.78, 5) is 15.6. The summed E-state index contributed by atoms with van der Waals surface area (Å²) in [6, 6.07) is 16.7. The number of benzene rings is 2. The van der Waals surface area contributed by atoms with Crippen LogP contribution in [0.25, 0.3) is 22.4 Å². The monoisotopic (exact) mass is 376 g/mol. The lowest BCUT2D eigenvalue weighted by atomic mass is 9.92. The number of anilines is 2. The van der Waals surface area contributed by atoms with E-state index in [0.717, 1.165) is 22.3 Å². The van der Waals surface area contributed by atoms with Crippen molar-refractivity contribution in [3.05, 3.63) is 64.7 Å². The summed E-state index contributed by atoms with van der Waals surface area (Å²) in [5.74, 6) is 0.0313. The summed E-state index contributed by atoms with van der Waals surface area (Å²) in [5.41, 5.74) is 11.1. The first-order valence-corrected chi connectivity index (χ1v) is 8.62. The number of nitrogens with one attached hydrogen (secondary N) is 1. The Labute approximate surface area is 162 Å². The highest BCUT2D eigenvalue weighted by molar-refractivity contribution is 6.30. The summed E-state index contributed by atoms with van der Waals surface area (Å²) in [5, 5.41) is 13.0. The number of nitrogen functional groups attached to an aromatic ring is 1. The third kappa shape index (κ3) is 3.76. The summed E-state index contributed by atoms with van der Waals surface area (Å²) < 4.78 is 0. The first-order valence-electron chi connectivity index (χ1n) is 8.25. The molecule has 1 heterocycles. The van der Waals surface area contributed by atoms with E-state index in [4.69, 9.17) is 17.3 Å². The van der Waals surface area contributed by atoms with E-state index in [1.807, 2.05) is 31.2 Å². The topological polar surface area (TPSA) is 91.8 Å². The number of nitrogens with zero attached hydrogens (tertiary/aromatic N) is 2. The number of amides is 1. The van der Waals surface area contributed by atoms with E-state index < -0.39 is 0 Å². The molecule has 0 saturated heterocycles. The molecule has 27 heavy (non-hydrogen) atoms. The highest BCUT2D eigenvalue weighted by Crippen LogP contribution is 2.36. The van der Waals surface area contributed by atoms with E-state index >= 15 is 0 Å². The Morgan fingerprint density at radius 1 is 1.11 bits per heavy atom. The summed E-state index contributed by atoms with van der Waals surface area (Å²) >= 11 is 5.98. The van der Waals surface area contributed by atoms with Crippen LogP contribution >= 0.6 is 11.6 Å². The molecule has 3 rings (SSSR count). The van der Waals surface area contributed by atoms with Crippen LogP contribution in [-0.2, 0) is 4.79 Å². The zero-order valence-corrected chi connectivity index (χ0v) is 15.6. The zero-order chi connectivity index (χ0) is 19.6. The van der Waals surface area contributed by atoms with E-state index in [-0.39, 0.29) is 11.7 Å². The lowest BCUT2D eigenvalue weighted by molar-refractivity contribution is -0.114. The van der Waals surface area contributed by atoms with Gasteiger partial charge in [-0.2, -0.15) is 5.26 Å². The van der Waals surface area contributed by atoms with Gasteiger partial charge in [0, 0.05) is 28.8 Å². The molecule has 1 aromatic heterocycles. The van der Waals surface area contributed by atoms with Gasteiger partial charge in [0.05, 0.1) is 5.69 Å². The molecule has 134 valence electrons. The number of pyridine rings is 1. The first kappa shape index (κ1) is 18.4. The minimum absolute atomic E-state index is 0.144. The van der Waals surface area contributed by atoms with Crippen LogP contribution in [-0.4, -0.2) is 10.9 Å². The number of rotatable bonds is 3. The SMILES string of the molecule is CC(=O)Nc1ccc(-c2c(C)c(-c3ccc(Cl)cc3)nc(N)c2C#N)cc1. The quantitative estimate of drug-likeness (QED) is 0.687. The third-order valence-electron chi connectivity index (χ3n) is 4.19. The molecular weight excluding hydrogens is 360 g/mol. The molecule has 1 amide bonds. The predicted molar refractivity (Wildman–Crippen MR) is 108 cm³/mol. The highest BCUT2D eigenvalue weighted by atomic mass is 35.5. The number of carbonyl (C=O) groups is 1. The molecule has 0 atom stereocenters. The van der Waals surface area contributed by atoms with Gasteiger partial charge in [-0.05, 0) is 42.3 Å². The van der Waals surface area contributed by atoms with E-state index in [1.165, 1.54) is 6.92 Å². The fourth-order valence-electron chi connectivity index (χ4n) is 2.98. The minimum atomic E-state index is -0.144. The van der Waals surface area contributed by atoms with Crippen molar-refractivity contribution in [1.29, 1.82) is 5.26 Å². The number of halogens is 1. The smallest absolute Gasteiger partial charge is 0.221 e. The van der Waals surface area contributed by atoms with E-state index in [1.54, 1.807) is 24.3 Å². The van der Waals surface area contributed by atoms with Crippen LogP contribution in [0.5, 0.6) is 0 Å². The van der Waals surface area contributed by atoms with Gasteiger partial charge >= 0.3 is 0 Å². The Bertz CT molecular complexity index is 1050. The maximum absolute atomic E-state index is 11.2. The van der Waals surface area contributed by atoms with Crippen LogP contribution in [0.4, 0.5) is 11.5 Å². The van der Waals surface area contributed by atoms with Gasteiger partial charge in [0.25, 0.3) is 0 Å². The maximum atomic E-state index is 11.2. The van der Waals surface area contributed by atoms with Crippen molar-refractivity contribution in [3.8, 4) is 28.5 Å². The number of nitrogens with two attached hydrogens (primary N) is 1. The number of hydrogen-bond donors (Lipinski definition) is 2. The molecule has 0 aliphatic carbocycles. The van der Waals surface area contributed by atoms with Gasteiger partial charge in [-0.15, -0.1) is 0 Å². The van der Waals surface area contributed by atoms with Gasteiger partial charge < -0.3 is 11.1 Å². The average molecular weight is 377 g/mol. The first-order chi connectivity index (χ1) is 12.9. The zero-order valence-electron chi connectivity index (χ0n) is 14.9. The van der Waals surface area contributed by atoms with Crippen molar-refractivity contribution in [1.82, 2.24) is 4.98 Å². The fourth-order valence-corrected chi connectivity index (χ4v) is 3.11. The molecule has 0 radical (unpaired) electrons. The van der Waals surface area contributed by atoms with Gasteiger partial charge in [-0.3, -0.25) is 4.79 Å². The van der Waals surface area contributed by atoms with Crippen LogP contribution in [0.1, 0.15) is 18.1 Å². The Morgan fingerprint density at radius 3 is 2.26 bits per heavy atom. The van der Waals surface area contributed by atoms with Crippen LogP contribution in [0.15, 0.2) is 48.5 Å². The highest BCUT2D eigenvalue weighted by Gasteiger charge is 2.18. The molecule has 5 nitrogen and oxygen atoms in total. The van der Waals surface area contributed by atoms with Crippen LogP contribution in [0, 0.1) is 18.3 Å². The lowest BCUT2D eigenvalue weighted by Gasteiger charge is -2.15. The van der Waals surface area contributed by atoms with Crippen molar-refractivity contribution in [2.75, 3.05) is 11.1 Å². The predicted octanol–water partition coefficient (Wildman–Crippen LogP) is 4.79. The Hall–Kier alpha value is -3.36. The number of aromatic nitrogens is 1. The molecule has 0 bridgehead atoms. The standard InChI is InChI=1S/C21H17ClN4O/c1-12-19(14-5-9-17(10-6-14)25-13(2)27)18(11-23)21(24)26-20(12)15-3-7-16(22)8-4-15/h3-10H,1-2H3,(H2,24,26)(H,25,27). The van der Waals surface area contributed by atoms with Crippen molar-refractivity contribution in [2.45, 2.75) is 13.8 Å². The summed E-state index contributed by atoms with van der Waals surface area (Å²) in [6.45, 7) is 3.36. The van der Waals surface area contributed by atoms with Crippen molar-refractivity contribution in [3.63, 3.8) is 0 Å². The molecule has 0 unspecified atom stereocenters. The van der Waals surface area contributed by atoms with Gasteiger partial charge in [0.15, 0.2) is 0 Å². The second kappa shape index (κ2) is 7.48. The van der Waals surface area contributed by atoms with Gasteiger partial charge in [0.2, 0.25) is 5.91 Å². The summed E-state index contributed by atoms with van der Waals surface area (Å²) in [6.07, 6.45) is 0. The molecule has 0 aliphatic heterocycles. The molecule has 3 N–H and O–H groups in total.